The summed E-state index contributed by atoms with van der Waals surface area (Å²) in [4.78, 5) is 28.3. The van der Waals surface area contributed by atoms with E-state index in [1.807, 2.05) is 60.7 Å². The Kier molecular flexibility index (Phi) is 8.17. The minimum atomic E-state index is -0.680. The number of likely N-dealkylation sites (tertiary alicyclic amines) is 1. The zero-order chi connectivity index (χ0) is 23.8. The molecule has 3 amide bonds. The first kappa shape index (κ1) is 23.8. The average molecular weight is 479 g/mol. The largest absolute Gasteiger partial charge is 0.457 e. The van der Waals surface area contributed by atoms with Gasteiger partial charge in [0.2, 0.25) is 5.91 Å². The van der Waals surface area contributed by atoms with Crippen LogP contribution < -0.4 is 21.1 Å². The second-order valence-corrected chi connectivity index (χ2v) is 9.31. The summed E-state index contributed by atoms with van der Waals surface area (Å²) in [5.41, 5.74) is 6.17. The Morgan fingerprint density at radius 1 is 1.00 bits per heavy atom. The molecule has 1 aromatic heterocycles. The number of nitrogens with two attached hydrogens (primary N) is 1. The fourth-order valence-corrected chi connectivity index (χ4v) is 5.12. The Balaban J connectivity index is 1.42. The van der Waals surface area contributed by atoms with Crippen molar-refractivity contribution in [1.29, 1.82) is 0 Å². The molecule has 1 saturated heterocycles. The van der Waals surface area contributed by atoms with E-state index < -0.39 is 12.1 Å². The van der Waals surface area contributed by atoms with Gasteiger partial charge in [-0.3, -0.25) is 9.69 Å². The second kappa shape index (κ2) is 11.7. The average Bonchev–Trinajstić information content (AvgIpc) is 3.55. The third-order valence-corrected chi connectivity index (χ3v) is 6.86. The predicted molar refractivity (Wildman–Crippen MR) is 134 cm³/mol. The zero-order valence-electron chi connectivity index (χ0n) is 19.0. The van der Waals surface area contributed by atoms with Crippen molar-refractivity contribution in [3.63, 3.8) is 0 Å². The van der Waals surface area contributed by atoms with Crippen LogP contribution in [0.15, 0.2) is 72.1 Å². The highest BCUT2D eigenvalue weighted by Crippen LogP contribution is 2.29. The molecule has 0 bridgehead atoms. The van der Waals surface area contributed by atoms with E-state index in [4.69, 9.17) is 10.5 Å². The van der Waals surface area contributed by atoms with Crippen LogP contribution in [-0.2, 0) is 4.79 Å². The fraction of sp³-hybridized carbons (Fsp3) is 0.308. The highest BCUT2D eigenvalue weighted by molar-refractivity contribution is 7.10. The summed E-state index contributed by atoms with van der Waals surface area (Å²) in [6.07, 6.45) is 2.44. The highest BCUT2D eigenvalue weighted by Gasteiger charge is 2.25. The first-order valence-corrected chi connectivity index (χ1v) is 12.4. The van der Waals surface area contributed by atoms with Crippen molar-refractivity contribution in [2.24, 2.45) is 5.73 Å². The Labute approximate surface area is 203 Å². The van der Waals surface area contributed by atoms with Crippen LogP contribution in [0.2, 0.25) is 0 Å². The lowest BCUT2D eigenvalue weighted by molar-refractivity contribution is -0.121. The van der Waals surface area contributed by atoms with Crippen LogP contribution in [0.25, 0.3) is 0 Å². The number of urea groups is 1. The van der Waals surface area contributed by atoms with Gasteiger partial charge in [0.25, 0.3) is 0 Å². The quantitative estimate of drug-likeness (QED) is 0.397. The number of benzene rings is 2. The number of ether oxygens (including phenoxy) is 1. The summed E-state index contributed by atoms with van der Waals surface area (Å²) in [5, 5.41) is 7.85. The molecule has 4 N–H and O–H groups in total. The Morgan fingerprint density at radius 3 is 2.47 bits per heavy atom. The molecule has 0 saturated carbocycles. The molecule has 2 atom stereocenters. The molecule has 7 nitrogen and oxygen atoms in total. The van der Waals surface area contributed by atoms with Crippen LogP contribution in [0.4, 0.5) is 4.79 Å². The zero-order valence-corrected chi connectivity index (χ0v) is 19.8. The van der Waals surface area contributed by atoms with Crippen LogP contribution in [0.5, 0.6) is 11.5 Å². The second-order valence-electron chi connectivity index (χ2n) is 8.33. The lowest BCUT2D eigenvalue weighted by Gasteiger charge is -2.27. The summed E-state index contributed by atoms with van der Waals surface area (Å²) in [6, 6.07) is 19.9. The number of nitrogens with zero attached hydrogens (tertiary/aromatic N) is 1. The molecule has 1 fully saturated rings. The number of primary amides is 1. The number of nitrogens with one attached hydrogen (secondary N) is 2. The molecule has 2 heterocycles. The smallest absolute Gasteiger partial charge is 0.312 e. The van der Waals surface area contributed by atoms with Gasteiger partial charge < -0.3 is 21.1 Å². The summed E-state index contributed by atoms with van der Waals surface area (Å²) < 4.78 is 5.91. The molecular formula is C26H30N4O3S. The van der Waals surface area contributed by atoms with E-state index in [1.165, 1.54) is 17.7 Å². The van der Waals surface area contributed by atoms with Gasteiger partial charge >= 0.3 is 6.03 Å². The summed E-state index contributed by atoms with van der Waals surface area (Å²) >= 11 is 1.71. The van der Waals surface area contributed by atoms with Gasteiger partial charge in [0.05, 0.1) is 18.5 Å². The van der Waals surface area contributed by atoms with Crippen LogP contribution in [-0.4, -0.2) is 36.5 Å². The van der Waals surface area contributed by atoms with E-state index >= 15 is 0 Å². The maximum absolute atomic E-state index is 12.9. The Morgan fingerprint density at radius 2 is 1.76 bits per heavy atom. The van der Waals surface area contributed by atoms with E-state index in [9.17, 15) is 9.59 Å². The number of rotatable bonds is 10. The maximum Gasteiger partial charge on any atom is 0.312 e. The van der Waals surface area contributed by atoms with Crippen molar-refractivity contribution in [3.05, 3.63) is 82.6 Å². The predicted octanol–water partition coefficient (Wildman–Crippen LogP) is 4.59. The van der Waals surface area contributed by atoms with Gasteiger partial charge in [-0.1, -0.05) is 36.4 Å². The first-order valence-electron chi connectivity index (χ1n) is 11.5. The molecule has 1 aliphatic rings. The Hall–Kier alpha value is -3.36. The van der Waals surface area contributed by atoms with E-state index in [-0.39, 0.29) is 18.4 Å². The molecule has 2 unspecified atom stereocenters. The van der Waals surface area contributed by atoms with Crippen molar-refractivity contribution in [1.82, 2.24) is 15.5 Å². The van der Waals surface area contributed by atoms with E-state index in [0.29, 0.717) is 18.0 Å². The molecule has 1 aliphatic heterocycles. The van der Waals surface area contributed by atoms with Crippen molar-refractivity contribution >= 4 is 23.3 Å². The molecule has 178 valence electrons. The molecule has 0 aliphatic carbocycles. The Bertz CT molecular complexity index is 1070. The van der Waals surface area contributed by atoms with Crippen molar-refractivity contribution in [2.45, 2.75) is 31.3 Å². The van der Waals surface area contributed by atoms with Crippen molar-refractivity contribution in [3.8, 4) is 11.5 Å². The third kappa shape index (κ3) is 6.59. The topological polar surface area (TPSA) is 96.7 Å². The first-order chi connectivity index (χ1) is 16.6. The summed E-state index contributed by atoms with van der Waals surface area (Å²) in [5.74, 6) is 1.18. The van der Waals surface area contributed by atoms with E-state index in [0.717, 1.165) is 18.7 Å². The highest BCUT2D eigenvalue weighted by atomic mass is 32.1. The number of hydrogen-bond donors (Lipinski definition) is 3. The van der Waals surface area contributed by atoms with Crippen molar-refractivity contribution < 1.29 is 14.3 Å². The number of carbonyl (C=O) groups excluding carboxylic acids is 2. The van der Waals surface area contributed by atoms with Crippen molar-refractivity contribution in [2.75, 3.05) is 19.6 Å². The number of carbonyl (C=O) groups is 2. The molecule has 0 spiro atoms. The van der Waals surface area contributed by atoms with Gasteiger partial charge in [-0.25, -0.2) is 4.79 Å². The third-order valence-electron chi connectivity index (χ3n) is 5.89. The summed E-state index contributed by atoms with van der Waals surface area (Å²) in [7, 11) is 0. The molecule has 4 rings (SSSR count). The molecular weight excluding hydrogens is 448 g/mol. The number of amides is 3. The monoisotopic (exact) mass is 478 g/mol. The lowest BCUT2D eigenvalue weighted by atomic mass is 10.0. The van der Waals surface area contributed by atoms with E-state index in [2.05, 4.69) is 27.0 Å². The van der Waals surface area contributed by atoms with Gasteiger partial charge in [-0.2, -0.15) is 0 Å². The number of thiophene rings is 1. The van der Waals surface area contributed by atoms with Gasteiger partial charge in [0.15, 0.2) is 0 Å². The fourth-order valence-electron chi connectivity index (χ4n) is 4.26. The van der Waals surface area contributed by atoms with Gasteiger partial charge in [0, 0.05) is 11.4 Å². The number of para-hydroxylation sites is 1. The minimum Gasteiger partial charge on any atom is -0.457 e. The van der Waals surface area contributed by atoms with Crippen LogP contribution in [0.1, 0.15) is 41.8 Å². The molecule has 8 heteroatoms. The molecule has 34 heavy (non-hydrogen) atoms. The SMILES string of the molecule is NC(=O)NC(CC(=O)NCC(c1cccs1)N1CCCC1)c1cccc(Oc2ccccc2)c1. The van der Waals surface area contributed by atoms with Gasteiger partial charge in [-0.15, -0.1) is 11.3 Å². The van der Waals surface area contributed by atoms with Crippen LogP contribution in [0.3, 0.4) is 0 Å². The van der Waals surface area contributed by atoms with Crippen LogP contribution >= 0.6 is 11.3 Å². The molecule has 0 radical (unpaired) electrons. The normalized spacial score (nSPS) is 15.4. The van der Waals surface area contributed by atoms with E-state index in [1.54, 1.807) is 11.3 Å². The number of hydrogen-bond acceptors (Lipinski definition) is 5. The molecule has 3 aromatic rings. The maximum atomic E-state index is 12.9. The van der Waals surface area contributed by atoms with Gasteiger partial charge in [0.1, 0.15) is 11.5 Å². The lowest BCUT2D eigenvalue weighted by Crippen LogP contribution is -2.39. The minimum absolute atomic E-state index is 0.0783. The standard InChI is InChI=1S/C26H30N4O3S/c27-26(32)29-22(19-8-6-11-21(16-19)33-20-9-2-1-3-10-20)17-25(31)28-18-23(24-12-7-15-34-24)30-13-4-5-14-30/h1-3,6-12,15-16,22-23H,4-5,13-14,17-18H2,(H,28,31)(H3,27,29,32). The summed E-state index contributed by atoms with van der Waals surface area (Å²) in [6.45, 7) is 2.61. The van der Waals surface area contributed by atoms with Crippen LogP contribution in [0, 0.1) is 0 Å². The van der Waals surface area contributed by atoms with Gasteiger partial charge in [-0.05, 0) is 67.2 Å². The molecule has 2 aromatic carbocycles.